The molecule has 0 aliphatic rings. The standard InChI is InChI=1S/C19H15N3O2/c1-2-24-19(23)15-8-6-14(7-9-15)17-11-18(22-21-17)16-5-3-4-13(10-16)12-20/h3-11H,2H2,1H3,(H,21,22)/p+1. The highest BCUT2D eigenvalue weighted by molar-refractivity contribution is 5.90. The number of H-pyrrole nitrogens is 2. The lowest BCUT2D eigenvalue weighted by Crippen LogP contribution is -2.05. The zero-order valence-electron chi connectivity index (χ0n) is 13.2. The molecule has 24 heavy (non-hydrogen) atoms. The molecule has 0 fully saturated rings. The predicted octanol–water partition coefficient (Wildman–Crippen LogP) is 3.21. The van der Waals surface area contributed by atoms with E-state index in [9.17, 15) is 4.79 Å². The Bertz CT molecular complexity index is 905. The third-order valence-corrected chi connectivity index (χ3v) is 3.63. The van der Waals surface area contributed by atoms with Crippen molar-refractivity contribution in [2.75, 3.05) is 6.61 Å². The van der Waals surface area contributed by atoms with E-state index in [1.807, 2.05) is 36.4 Å². The first kappa shape index (κ1) is 15.5. The van der Waals surface area contributed by atoms with E-state index in [2.05, 4.69) is 16.3 Å². The highest BCUT2D eigenvalue weighted by atomic mass is 16.5. The summed E-state index contributed by atoms with van der Waals surface area (Å²) in [5.41, 5.74) is 4.79. The van der Waals surface area contributed by atoms with Crippen LogP contribution in [0.25, 0.3) is 22.5 Å². The van der Waals surface area contributed by atoms with Crippen molar-refractivity contribution in [1.82, 2.24) is 5.10 Å². The van der Waals surface area contributed by atoms with Crippen molar-refractivity contribution < 1.29 is 14.6 Å². The van der Waals surface area contributed by atoms with Crippen LogP contribution in [-0.4, -0.2) is 17.7 Å². The Morgan fingerprint density at radius 3 is 2.67 bits per heavy atom. The highest BCUT2D eigenvalue weighted by Gasteiger charge is 2.13. The number of nitriles is 1. The van der Waals surface area contributed by atoms with Crippen LogP contribution >= 0.6 is 0 Å². The molecule has 0 bridgehead atoms. The summed E-state index contributed by atoms with van der Waals surface area (Å²) in [4.78, 5) is 11.7. The van der Waals surface area contributed by atoms with Gasteiger partial charge in [-0.25, -0.2) is 4.79 Å². The lowest BCUT2D eigenvalue weighted by atomic mass is 10.1. The van der Waals surface area contributed by atoms with E-state index in [4.69, 9.17) is 10.00 Å². The van der Waals surface area contributed by atoms with Crippen molar-refractivity contribution in [2.45, 2.75) is 6.92 Å². The van der Waals surface area contributed by atoms with Gasteiger partial charge in [0.05, 0.1) is 23.8 Å². The fraction of sp³-hybridized carbons (Fsp3) is 0.105. The maximum Gasteiger partial charge on any atom is 0.338 e. The van der Waals surface area contributed by atoms with Gasteiger partial charge in [-0.3, -0.25) is 0 Å². The van der Waals surface area contributed by atoms with Crippen LogP contribution in [0.1, 0.15) is 22.8 Å². The minimum atomic E-state index is -0.323. The molecular weight excluding hydrogens is 302 g/mol. The molecule has 1 heterocycles. The summed E-state index contributed by atoms with van der Waals surface area (Å²) < 4.78 is 4.98. The molecule has 0 saturated carbocycles. The number of ether oxygens (including phenoxy) is 1. The lowest BCUT2D eigenvalue weighted by molar-refractivity contribution is -0.436. The van der Waals surface area contributed by atoms with Gasteiger partial charge in [0.1, 0.15) is 5.69 Å². The van der Waals surface area contributed by atoms with Crippen molar-refractivity contribution in [3.8, 4) is 28.6 Å². The number of aromatic amines is 2. The van der Waals surface area contributed by atoms with E-state index in [1.165, 1.54) is 0 Å². The number of carbonyl (C=O) groups is 1. The lowest BCUT2D eigenvalue weighted by Gasteiger charge is -2.02. The van der Waals surface area contributed by atoms with Crippen molar-refractivity contribution >= 4 is 5.97 Å². The Morgan fingerprint density at radius 1 is 1.17 bits per heavy atom. The topological polar surface area (TPSA) is 80.0 Å². The molecule has 5 nitrogen and oxygen atoms in total. The molecule has 5 heteroatoms. The summed E-state index contributed by atoms with van der Waals surface area (Å²) >= 11 is 0. The molecule has 0 spiro atoms. The van der Waals surface area contributed by atoms with Crippen molar-refractivity contribution in [2.24, 2.45) is 0 Å². The molecule has 1 aromatic heterocycles. The van der Waals surface area contributed by atoms with Gasteiger partial charge >= 0.3 is 5.97 Å². The molecule has 0 atom stereocenters. The summed E-state index contributed by atoms with van der Waals surface area (Å²) in [6.07, 6.45) is 0. The molecule has 3 rings (SSSR count). The minimum Gasteiger partial charge on any atom is -0.462 e. The van der Waals surface area contributed by atoms with Crippen LogP contribution in [0.3, 0.4) is 0 Å². The largest absolute Gasteiger partial charge is 0.462 e. The number of benzene rings is 2. The van der Waals surface area contributed by atoms with Crippen molar-refractivity contribution in [3.63, 3.8) is 0 Å². The number of nitrogens with one attached hydrogen (secondary N) is 2. The monoisotopic (exact) mass is 318 g/mol. The highest BCUT2D eigenvalue weighted by Crippen LogP contribution is 2.22. The van der Waals surface area contributed by atoms with E-state index < -0.39 is 0 Å². The van der Waals surface area contributed by atoms with Crippen LogP contribution in [0.15, 0.2) is 54.6 Å². The van der Waals surface area contributed by atoms with Gasteiger partial charge in [-0.2, -0.15) is 10.4 Å². The number of carbonyl (C=O) groups excluding carboxylic acids is 1. The Balaban J connectivity index is 1.85. The second-order valence-electron chi connectivity index (χ2n) is 5.21. The van der Waals surface area contributed by atoms with Gasteiger partial charge in [-0.15, -0.1) is 5.10 Å². The zero-order valence-corrected chi connectivity index (χ0v) is 13.2. The average molecular weight is 318 g/mol. The van der Waals surface area contributed by atoms with Gasteiger partial charge in [0, 0.05) is 17.2 Å². The number of hydrogen-bond acceptors (Lipinski definition) is 3. The number of aromatic nitrogens is 2. The average Bonchev–Trinajstić information content (AvgIpc) is 3.12. The Labute approximate surface area is 139 Å². The molecule has 0 unspecified atom stereocenters. The number of esters is 1. The third-order valence-electron chi connectivity index (χ3n) is 3.63. The van der Waals surface area contributed by atoms with Crippen LogP contribution in [0.2, 0.25) is 0 Å². The number of nitrogens with zero attached hydrogens (tertiary/aromatic N) is 1. The summed E-state index contributed by atoms with van der Waals surface area (Å²) in [6, 6.07) is 18.7. The molecule has 0 saturated heterocycles. The Hall–Kier alpha value is -3.39. The third kappa shape index (κ3) is 3.18. The summed E-state index contributed by atoms with van der Waals surface area (Å²) in [7, 11) is 0. The number of hydrogen-bond donors (Lipinski definition) is 1. The molecule has 0 aliphatic heterocycles. The van der Waals surface area contributed by atoms with Crippen LogP contribution in [0, 0.1) is 11.3 Å². The molecule has 0 aliphatic carbocycles. The second kappa shape index (κ2) is 6.80. The fourth-order valence-electron chi connectivity index (χ4n) is 2.42. The van der Waals surface area contributed by atoms with E-state index in [-0.39, 0.29) is 5.97 Å². The molecule has 0 amide bonds. The van der Waals surface area contributed by atoms with E-state index in [0.717, 1.165) is 22.5 Å². The fourth-order valence-corrected chi connectivity index (χ4v) is 2.42. The minimum absolute atomic E-state index is 0.323. The van der Waals surface area contributed by atoms with Gasteiger partial charge in [0.25, 0.3) is 0 Å². The summed E-state index contributed by atoms with van der Waals surface area (Å²) in [5.74, 6) is -0.323. The van der Waals surface area contributed by atoms with Crippen molar-refractivity contribution in [3.05, 3.63) is 65.7 Å². The molecule has 2 N–H and O–H groups in total. The molecular formula is C19H16N3O2+. The van der Waals surface area contributed by atoms with Crippen LogP contribution < -0.4 is 5.10 Å². The first-order valence-electron chi connectivity index (χ1n) is 7.60. The first-order valence-corrected chi connectivity index (χ1v) is 7.60. The van der Waals surface area contributed by atoms with Gasteiger partial charge in [0.2, 0.25) is 5.69 Å². The van der Waals surface area contributed by atoms with E-state index in [0.29, 0.717) is 17.7 Å². The van der Waals surface area contributed by atoms with Crippen LogP contribution in [0.5, 0.6) is 0 Å². The maximum absolute atomic E-state index is 11.7. The molecule has 3 aromatic rings. The SMILES string of the molecule is CCOC(=O)c1ccc(-c2cc(-c3cccc(C#N)c3)[nH+][nH]2)cc1. The Morgan fingerprint density at radius 2 is 1.96 bits per heavy atom. The molecule has 118 valence electrons. The Kier molecular flexibility index (Phi) is 4.39. The van der Waals surface area contributed by atoms with Gasteiger partial charge in [-0.1, -0.05) is 18.2 Å². The van der Waals surface area contributed by atoms with Crippen LogP contribution in [0.4, 0.5) is 0 Å². The van der Waals surface area contributed by atoms with Gasteiger partial charge in [-0.05, 0) is 37.3 Å². The first-order chi connectivity index (χ1) is 11.7. The summed E-state index contributed by atoms with van der Waals surface area (Å²) in [6.45, 7) is 2.14. The zero-order chi connectivity index (χ0) is 16.9. The van der Waals surface area contributed by atoms with E-state index >= 15 is 0 Å². The normalized spacial score (nSPS) is 10.2. The quantitative estimate of drug-likeness (QED) is 0.750. The maximum atomic E-state index is 11.7. The van der Waals surface area contributed by atoms with Gasteiger partial charge < -0.3 is 4.74 Å². The second-order valence-corrected chi connectivity index (χ2v) is 5.21. The summed E-state index contributed by atoms with van der Waals surface area (Å²) in [5, 5.41) is 15.2. The molecule has 2 aromatic carbocycles. The van der Waals surface area contributed by atoms with Gasteiger partial charge in [0.15, 0.2) is 0 Å². The van der Waals surface area contributed by atoms with Crippen molar-refractivity contribution in [1.29, 1.82) is 5.26 Å². The van der Waals surface area contributed by atoms with Crippen LogP contribution in [-0.2, 0) is 4.74 Å². The van der Waals surface area contributed by atoms with E-state index in [1.54, 1.807) is 25.1 Å². The smallest absolute Gasteiger partial charge is 0.338 e. The molecule has 0 radical (unpaired) electrons. The predicted molar refractivity (Wildman–Crippen MR) is 88.9 cm³/mol. The number of rotatable bonds is 4.